The summed E-state index contributed by atoms with van der Waals surface area (Å²) in [5.41, 5.74) is 0.890. The number of hydrogen-bond acceptors (Lipinski definition) is 4. The Morgan fingerprint density at radius 3 is 3.00 bits per heavy atom. The first kappa shape index (κ1) is 10.6. The third-order valence-corrected chi connectivity index (χ3v) is 2.73. The predicted molar refractivity (Wildman–Crippen MR) is 56.5 cm³/mol. The Morgan fingerprint density at radius 2 is 2.33 bits per heavy atom. The summed E-state index contributed by atoms with van der Waals surface area (Å²) in [4.78, 5) is 4.19. The molecular weight excluding hydrogens is 192 g/mol. The van der Waals surface area contributed by atoms with E-state index in [1.165, 1.54) is 12.8 Å². The minimum atomic E-state index is 0.571. The molecule has 0 aliphatic carbocycles. The first-order chi connectivity index (χ1) is 7.34. The molecule has 1 aliphatic heterocycles. The molecule has 0 radical (unpaired) electrons. The van der Waals surface area contributed by atoms with Crippen LogP contribution >= 0.6 is 0 Å². The van der Waals surface area contributed by atoms with E-state index in [-0.39, 0.29) is 0 Å². The molecule has 4 heteroatoms. The molecule has 0 atom stereocenters. The fourth-order valence-corrected chi connectivity index (χ4v) is 1.85. The maximum absolute atomic E-state index is 5.62. The predicted octanol–water partition coefficient (Wildman–Crippen LogP) is 1.50. The van der Waals surface area contributed by atoms with Crippen LogP contribution in [0.4, 0.5) is 0 Å². The van der Waals surface area contributed by atoms with Gasteiger partial charge in [0.25, 0.3) is 0 Å². The zero-order chi connectivity index (χ0) is 10.5. The van der Waals surface area contributed by atoms with Crippen LogP contribution in [0.1, 0.15) is 24.4 Å². The summed E-state index contributed by atoms with van der Waals surface area (Å²) >= 11 is 0. The molecule has 1 fully saturated rings. The largest absolute Gasteiger partial charge is 0.449 e. The summed E-state index contributed by atoms with van der Waals surface area (Å²) in [6, 6.07) is 0. The second kappa shape index (κ2) is 5.28. The van der Waals surface area contributed by atoms with Crippen molar-refractivity contribution in [1.82, 2.24) is 10.3 Å². The van der Waals surface area contributed by atoms with Crippen molar-refractivity contribution in [2.24, 2.45) is 5.92 Å². The van der Waals surface area contributed by atoms with Gasteiger partial charge in [0.1, 0.15) is 12.0 Å². The number of piperidine rings is 1. The van der Waals surface area contributed by atoms with Gasteiger partial charge in [0.15, 0.2) is 5.89 Å². The lowest BCUT2D eigenvalue weighted by Gasteiger charge is -2.21. The van der Waals surface area contributed by atoms with Crippen molar-refractivity contribution < 1.29 is 9.15 Å². The summed E-state index contributed by atoms with van der Waals surface area (Å²) in [6.45, 7) is 5.50. The zero-order valence-corrected chi connectivity index (χ0v) is 9.16. The Bertz CT molecular complexity index is 293. The third-order valence-electron chi connectivity index (χ3n) is 2.73. The van der Waals surface area contributed by atoms with Crippen molar-refractivity contribution in [1.29, 1.82) is 0 Å². The van der Waals surface area contributed by atoms with Crippen LogP contribution in [-0.4, -0.2) is 24.7 Å². The number of aryl methyl sites for hydroxylation is 1. The van der Waals surface area contributed by atoms with E-state index in [1.807, 2.05) is 6.92 Å². The fourth-order valence-electron chi connectivity index (χ4n) is 1.85. The monoisotopic (exact) mass is 210 g/mol. The van der Waals surface area contributed by atoms with E-state index in [0.29, 0.717) is 18.4 Å². The average Bonchev–Trinajstić information content (AvgIpc) is 2.66. The topological polar surface area (TPSA) is 47.3 Å². The summed E-state index contributed by atoms with van der Waals surface area (Å²) in [7, 11) is 0. The average molecular weight is 210 g/mol. The quantitative estimate of drug-likeness (QED) is 0.818. The Labute approximate surface area is 90.0 Å². The van der Waals surface area contributed by atoms with Crippen molar-refractivity contribution in [2.45, 2.75) is 26.4 Å². The van der Waals surface area contributed by atoms with Crippen LogP contribution in [0.3, 0.4) is 0 Å². The normalized spacial score (nSPS) is 18.2. The molecule has 0 spiro atoms. The molecule has 0 bridgehead atoms. The van der Waals surface area contributed by atoms with Crippen LogP contribution in [0.15, 0.2) is 10.7 Å². The van der Waals surface area contributed by atoms with Gasteiger partial charge in [-0.05, 0) is 31.8 Å². The first-order valence-electron chi connectivity index (χ1n) is 5.54. The molecule has 0 unspecified atom stereocenters. The molecule has 1 aromatic heterocycles. The van der Waals surface area contributed by atoms with Crippen molar-refractivity contribution in [3.05, 3.63) is 17.8 Å². The summed E-state index contributed by atoms with van der Waals surface area (Å²) in [5, 5.41) is 3.34. The molecule has 1 aliphatic rings. The number of aromatic nitrogens is 1. The maximum atomic E-state index is 5.62. The highest BCUT2D eigenvalue weighted by atomic mass is 16.5. The number of rotatable bonds is 4. The van der Waals surface area contributed by atoms with Crippen LogP contribution in [-0.2, 0) is 11.3 Å². The highest BCUT2D eigenvalue weighted by molar-refractivity contribution is 4.92. The number of oxazole rings is 1. The van der Waals surface area contributed by atoms with E-state index in [2.05, 4.69) is 10.3 Å². The molecule has 4 nitrogen and oxygen atoms in total. The van der Waals surface area contributed by atoms with Crippen molar-refractivity contribution in [3.63, 3.8) is 0 Å². The molecule has 1 N–H and O–H groups in total. The van der Waals surface area contributed by atoms with Crippen LogP contribution < -0.4 is 5.32 Å². The number of nitrogens with one attached hydrogen (secondary N) is 1. The number of hydrogen-bond donors (Lipinski definition) is 1. The van der Waals surface area contributed by atoms with Gasteiger partial charge in [-0.1, -0.05) is 0 Å². The van der Waals surface area contributed by atoms with Gasteiger partial charge in [0, 0.05) is 6.92 Å². The van der Waals surface area contributed by atoms with Crippen LogP contribution in [0, 0.1) is 12.8 Å². The van der Waals surface area contributed by atoms with Crippen molar-refractivity contribution >= 4 is 0 Å². The lowest BCUT2D eigenvalue weighted by molar-refractivity contribution is 0.0744. The Hall–Kier alpha value is -0.870. The van der Waals surface area contributed by atoms with E-state index in [0.717, 1.165) is 25.4 Å². The number of nitrogens with zero attached hydrogens (tertiary/aromatic N) is 1. The lowest BCUT2D eigenvalue weighted by atomic mass is 9.99. The van der Waals surface area contributed by atoms with Gasteiger partial charge in [-0.3, -0.25) is 0 Å². The van der Waals surface area contributed by atoms with E-state index in [9.17, 15) is 0 Å². The Balaban J connectivity index is 1.65. The van der Waals surface area contributed by atoms with Crippen LogP contribution in [0.2, 0.25) is 0 Å². The summed E-state index contributed by atoms with van der Waals surface area (Å²) in [6.07, 6.45) is 4.10. The Kier molecular flexibility index (Phi) is 3.75. The van der Waals surface area contributed by atoms with Gasteiger partial charge >= 0.3 is 0 Å². The molecule has 2 rings (SSSR count). The van der Waals surface area contributed by atoms with Gasteiger partial charge < -0.3 is 14.5 Å². The summed E-state index contributed by atoms with van der Waals surface area (Å²) in [5.74, 6) is 1.41. The second-order valence-corrected chi connectivity index (χ2v) is 4.07. The van der Waals surface area contributed by atoms with Gasteiger partial charge in [-0.25, -0.2) is 4.98 Å². The highest BCUT2D eigenvalue weighted by Crippen LogP contribution is 2.12. The van der Waals surface area contributed by atoms with Gasteiger partial charge in [-0.2, -0.15) is 0 Å². The lowest BCUT2D eigenvalue weighted by Crippen LogP contribution is -2.29. The molecule has 2 heterocycles. The first-order valence-corrected chi connectivity index (χ1v) is 5.54. The fraction of sp³-hybridized carbons (Fsp3) is 0.727. The molecule has 0 amide bonds. The maximum Gasteiger partial charge on any atom is 0.191 e. The minimum Gasteiger partial charge on any atom is -0.449 e. The van der Waals surface area contributed by atoms with E-state index < -0.39 is 0 Å². The molecule has 0 saturated carbocycles. The van der Waals surface area contributed by atoms with Gasteiger partial charge in [-0.15, -0.1) is 0 Å². The molecule has 0 aromatic carbocycles. The van der Waals surface area contributed by atoms with Gasteiger partial charge in [0.05, 0.1) is 13.2 Å². The molecule has 84 valence electrons. The smallest absolute Gasteiger partial charge is 0.191 e. The van der Waals surface area contributed by atoms with Crippen LogP contribution in [0.5, 0.6) is 0 Å². The van der Waals surface area contributed by atoms with Crippen molar-refractivity contribution in [3.8, 4) is 0 Å². The van der Waals surface area contributed by atoms with E-state index in [1.54, 1.807) is 6.26 Å². The van der Waals surface area contributed by atoms with E-state index >= 15 is 0 Å². The Morgan fingerprint density at radius 1 is 1.53 bits per heavy atom. The zero-order valence-electron chi connectivity index (χ0n) is 9.16. The molecule has 1 saturated heterocycles. The minimum absolute atomic E-state index is 0.571. The highest BCUT2D eigenvalue weighted by Gasteiger charge is 2.13. The SMILES string of the molecule is Cc1nc(COCC2CCNCC2)co1. The number of ether oxygens (including phenoxy) is 1. The third kappa shape index (κ3) is 3.32. The molecule has 1 aromatic rings. The van der Waals surface area contributed by atoms with Crippen LogP contribution in [0.25, 0.3) is 0 Å². The standard InChI is InChI=1S/C11H18N2O2/c1-9-13-11(8-15-9)7-14-6-10-2-4-12-5-3-10/h8,10,12H,2-7H2,1H3. The van der Waals surface area contributed by atoms with E-state index in [4.69, 9.17) is 9.15 Å². The summed E-state index contributed by atoms with van der Waals surface area (Å²) < 4.78 is 10.7. The second-order valence-electron chi connectivity index (χ2n) is 4.07. The van der Waals surface area contributed by atoms with Crippen molar-refractivity contribution in [2.75, 3.05) is 19.7 Å². The van der Waals surface area contributed by atoms with Gasteiger partial charge in [0.2, 0.25) is 0 Å². The molecule has 15 heavy (non-hydrogen) atoms. The molecular formula is C11H18N2O2.